The summed E-state index contributed by atoms with van der Waals surface area (Å²) in [7, 11) is 0. The Morgan fingerprint density at radius 1 is 0.735 bits per heavy atom. The molecule has 4 amide bonds. The van der Waals surface area contributed by atoms with Crippen LogP contribution in [0.1, 0.15) is 81.5 Å². The minimum Gasteiger partial charge on any atom is -0.456 e. The number of nitrogens with zero attached hydrogens (tertiary/aromatic N) is 2. The fourth-order valence-corrected chi connectivity index (χ4v) is 6.99. The Balaban J connectivity index is 1.20. The van der Waals surface area contributed by atoms with E-state index in [1.54, 1.807) is 24.3 Å². The molecule has 1 saturated carbocycles. The van der Waals surface area contributed by atoms with Gasteiger partial charge in [0.25, 0.3) is 23.6 Å². The van der Waals surface area contributed by atoms with E-state index in [1.807, 2.05) is 6.92 Å². The molecule has 0 aromatic carbocycles. The summed E-state index contributed by atoms with van der Waals surface area (Å²) in [6.45, 7) is 6.48. The standard InChI is InChI=1S/C26H22N2O6/c1-25(2)8-12(28-23(31)19-15-6-7-16(34-15)20(19)24(28)32)9-26(3,10-25)11-27-21(29)17-13-4-5-14(33-13)18(17)22(27)30/h4-7,12H,8-11H2,1-3H3. The molecule has 8 nitrogen and oxygen atoms in total. The van der Waals surface area contributed by atoms with Gasteiger partial charge in [-0.3, -0.25) is 29.0 Å². The molecule has 0 radical (unpaired) electrons. The van der Waals surface area contributed by atoms with Crippen LogP contribution >= 0.6 is 0 Å². The molecule has 2 unspecified atom stereocenters. The Morgan fingerprint density at radius 3 is 1.65 bits per heavy atom. The molecule has 1 aliphatic carbocycles. The third kappa shape index (κ3) is 2.33. The molecule has 0 N–H and O–H groups in total. The van der Waals surface area contributed by atoms with E-state index in [1.165, 1.54) is 9.80 Å². The first-order valence-corrected chi connectivity index (χ1v) is 11.5. The van der Waals surface area contributed by atoms with E-state index in [4.69, 9.17) is 8.83 Å². The van der Waals surface area contributed by atoms with E-state index in [-0.39, 0.29) is 41.6 Å². The van der Waals surface area contributed by atoms with Gasteiger partial charge < -0.3 is 8.83 Å². The lowest BCUT2D eigenvalue weighted by atomic mass is 9.62. The maximum atomic E-state index is 13.3. The molecule has 8 heteroatoms. The van der Waals surface area contributed by atoms with Gasteiger partial charge in [-0.1, -0.05) is 20.8 Å². The molecule has 4 bridgehead atoms. The fraction of sp³-hybridized carbons (Fsp3) is 0.385. The SMILES string of the molecule is CC1(C)CC(N2C(=O)c3c(c4ccc3o4)C2=O)CC(C)(CN2C(=O)c3c(c4ccc3o4)C2=O)C1. The van der Waals surface area contributed by atoms with Crippen molar-refractivity contribution in [3.05, 3.63) is 46.5 Å². The normalized spacial score (nSPS) is 26.6. The molecule has 2 atom stereocenters. The largest absolute Gasteiger partial charge is 0.456 e. The van der Waals surface area contributed by atoms with Gasteiger partial charge in [0.05, 0.1) is 22.3 Å². The first kappa shape index (κ1) is 19.8. The Bertz CT molecular complexity index is 1470. The van der Waals surface area contributed by atoms with Gasteiger partial charge in [0, 0.05) is 12.6 Å². The Morgan fingerprint density at radius 2 is 1.18 bits per heavy atom. The molecule has 7 rings (SSSR count). The maximum absolute atomic E-state index is 13.3. The van der Waals surface area contributed by atoms with Gasteiger partial charge in [-0.2, -0.15) is 0 Å². The van der Waals surface area contributed by atoms with Gasteiger partial charge in [0.2, 0.25) is 0 Å². The Labute approximate surface area is 194 Å². The van der Waals surface area contributed by atoms with Gasteiger partial charge in [0.1, 0.15) is 22.3 Å². The van der Waals surface area contributed by atoms with Gasteiger partial charge in [-0.05, 0) is 54.4 Å². The first-order chi connectivity index (χ1) is 16.1. The van der Waals surface area contributed by atoms with Crippen LogP contribution in [0.25, 0.3) is 22.3 Å². The third-order valence-electron chi connectivity index (χ3n) is 7.81. The summed E-state index contributed by atoms with van der Waals surface area (Å²) >= 11 is 0. The molecule has 172 valence electrons. The zero-order valence-electron chi connectivity index (χ0n) is 19.1. The number of hydrogen-bond donors (Lipinski definition) is 0. The lowest BCUT2D eigenvalue weighted by Crippen LogP contribution is -2.52. The number of carbonyl (C=O) groups excluding carboxylic acids is 4. The maximum Gasteiger partial charge on any atom is 0.265 e. The highest BCUT2D eigenvalue weighted by Crippen LogP contribution is 2.50. The van der Waals surface area contributed by atoms with Crippen LogP contribution in [-0.2, 0) is 0 Å². The van der Waals surface area contributed by atoms with Crippen molar-refractivity contribution in [3.8, 4) is 0 Å². The van der Waals surface area contributed by atoms with Gasteiger partial charge in [-0.15, -0.1) is 0 Å². The third-order valence-corrected chi connectivity index (χ3v) is 7.81. The van der Waals surface area contributed by atoms with Crippen molar-refractivity contribution in [3.63, 3.8) is 0 Å². The molecule has 0 spiro atoms. The van der Waals surface area contributed by atoms with Crippen molar-refractivity contribution in [1.82, 2.24) is 9.80 Å². The number of hydrogen-bond acceptors (Lipinski definition) is 6. The lowest BCUT2D eigenvalue weighted by molar-refractivity contribution is 0.00554. The summed E-state index contributed by atoms with van der Waals surface area (Å²) in [6, 6.07) is 6.52. The van der Waals surface area contributed by atoms with Crippen LogP contribution in [0, 0.1) is 10.8 Å². The van der Waals surface area contributed by atoms with Gasteiger partial charge in [0.15, 0.2) is 0 Å². The van der Waals surface area contributed by atoms with Gasteiger partial charge in [-0.25, -0.2) is 0 Å². The minimum absolute atomic E-state index is 0.200. The molecule has 1 fully saturated rings. The van der Waals surface area contributed by atoms with E-state index in [0.29, 0.717) is 57.4 Å². The van der Waals surface area contributed by atoms with Crippen molar-refractivity contribution in [2.45, 2.75) is 46.1 Å². The van der Waals surface area contributed by atoms with Crippen LogP contribution in [0.4, 0.5) is 0 Å². The van der Waals surface area contributed by atoms with Crippen LogP contribution in [0.2, 0.25) is 0 Å². The zero-order chi connectivity index (χ0) is 23.7. The van der Waals surface area contributed by atoms with E-state index in [0.717, 1.165) is 6.42 Å². The Hall–Kier alpha value is -3.68. The second-order valence-electron chi connectivity index (χ2n) is 11.2. The van der Waals surface area contributed by atoms with Crippen LogP contribution in [0.5, 0.6) is 0 Å². The number of benzene rings is 2. The van der Waals surface area contributed by atoms with Crippen molar-refractivity contribution in [2.75, 3.05) is 6.54 Å². The number of amides is 4. The minimum atomic E-state index is -0.470. The number of rotatable bonds is 3. The molecule has 4 aromatic heterocycles. The molecule has 4 aromatic rings. The average molecular weight is 458 g/mol. The van der Waals surface area contributed by atoms with Gasteiger partial charge >= 0.3 is 0 Å². The molecular formula is C26H22N2O6. The quantitative estimate of drug-likeness (QED) is 0.418. The second-order valence-corrected chi connectivity index (χ2v) is 11.2. The number of carbonyl (C=O) groups is 4. The van der Waals surface area contributed by atoms with Crippen molar-refractivity contribution in [1.29, 1.82) is 0 Å². The smallest absolute Gasteiger partial charge is 0.265 e. The average Bonchev–Trinajstić information content (AvgIpc) is 3.57. The number of fused-ring (bicyclic) bond motifs is 10. The highest BCUT2D eigenvalue weighted by Gasteiger charge is 2.52. The van der Waals surface area contributed by atoms with E-state index < -0.39 is 5.41 Å². The predicted molar refractivity (Wildman–Crippen MR) is 120 cm³/mol. The van der Waals surface area contributed by atoms with Crippen molar-refractivity contribution < 1.29 is 28.0 Å². The van der Waals surface area contributed by atoms with Crippen molar-refractivity contribution >= 4 is 46.0 Å². The second kappa shape index (κ2) is 5.87. The summed E-state index contributed by atoms with van der Waals surface area (Å²) in [4.78, 5) is 55.7. The monoisotopic (exact) mass is 458 g/mol. The summed E-state index contributed by atoms with van der Waals surface area (Å²) in [5.74, 6) is -1.31. The summed E-state index contributed by atoms with van der Waals surface area (Å²) in [5, 5.41) is 0. The molecule has 2 aliphatic heterocycles. The molecule has 6 heterocycles. The van der Waals surface area contributed by atoms with Crippen LogP contribution in [0.3, 0.4) is 0 Å². The van der Waals surface area contributed by atoms with E-state index in [9.17, 15) is 19.2 Å². The summed E-state index contributed by atoms with van der Waals surface area (Å²) < 4.78 is 11.1. The lowest BCUT2D eigenvalue weighted by Gasteiger charge is -2.49. The fourth-order valence-electron chi connectivity index (χ4n) is 6.99. The van der Waals surface area contributed by atoms with Crippen LogP contribution < -0.4 is 0 Å². The number of imide groups is 2. The Kier molecular flexibility index (Phi) is 3.41. The van der Waals surface area contributed by atoms with E-state index in [2.05, 4.69) is 13.8 Å². The first-order valence-electron chi connectivity index (χ1n) is 11.5. The highest BCUT2D eigenvalue weighted by molar-refractivity contribution is 6.28. The zero-order valence-corrected chi connectivity index (χ0v) is 19.1. The molecule has 3 aliphatic rings. The number of furan rings is 4. The molecule has 0 saturated heterocycles. The van der Waals surface area contributed by atoms with Crippen molar-refractivity contribution in [2.24, 2.45) is 10.8 Å². The predicted octanol–water partition coefficient (Wildman–Crippen LogP) is 4.53. The molecular weight excluding hydrogens is 436 g/mol. The summed E-state index contributed by atoms with van der Waals surface area (Å²) in [6.07, 6.45) is 1.92. The van der Waals surface area contributed by atoms with Crippen LogP contribution in [0.15, 0.2) is 33.1 Å². The summed E-state index contributed by atoms with van der Waals surface area (Å²) in [5.41, 5.74) is 2.50. The molecule has 34 heavy (non-hydrogen) atoms. The topological polar surface area (TPSA) is 101 Å². The van der Waals surface area contributed by atoms with E-state index >= 15 is 0 Å². The van der Waals surface area contributed by atoms with Crippen LogP contribution in [-0.4, -0.2) is 46.0 Å². The highest BCUT2D eigenvalue weighted by atomic mass is 16.3.